The molecule has 1 aliphatic heterocycles. The van der Waals surface area contributed by atoms with Gasteiger partial charge in [0.1, 0.15) is 0 Å². The highest BCUT2D eigenvalue weighted by Gasteiger charge is 2.27. The first-order valence-corrected chi connectivity index (χ1v) is 13.5. The monoisotopic (exact) mass is 445 g/mol. The number of hydrogen-bond acceptors (Lipinski definition) is 5. The van der Waals surface area contributed by atoms with Crippen molar-refractivity contribution in [1.29, 1.82) is 0 Å². The van der Waals surface area contributed by atoms with Crippen LogP contribution in [-0.2, 0) is 14.8 Å². The minimum atomic E-state index is -3.25. The van der Waals surface area contributed by atoms with E-state index in [1.165, 1.54) is 6.42 Å². The molecule has 1 unspecified atom stereocenters. The van der Waals surface area contributed by atoms with Crippen LogP contribution in [0.2, 0.25) is 0 Å². The lowest BCUT2D eigenvalue weighted by Gasteiger charge is -2.38. The molecule has 30 heavy (non-hydrogen) atoms. The topological polar surface area (TPSA) is 95.1 Å². The first-order valence-electron chi connectivity index (χ1n) is 11.8. The summed E-state index contributed by atoms with van der Waals surface area (Å²) < 4.78 is 32.7. The Balaban J connectivity index is 1.88. The lowest BCUT2D eigenvalue weighted by Crippen LogP contribution is -2.49. The zero-order valence-electron chi connectivity index (χ0n) is 19.2. The fourth-order valence-electron chi connectivity index (χ4n) is 4.15. The third-order valence-corrected chi connectivity index (χ3v) is 7.72. The molecule has 0 aromatic rings. The second kappa shape index (κ2) is 13.5. The van der Waals surface area contributed by atoms with E-state index in [4.69, 9.17) is 9.73 Å². The van der Waals surface area contributed by atoms with Crippen LogP contribution >= 0.6 is 0 Å². The van der Waals surface area contributed by atoms with Crippen LogP contribution in [0.5, 0.6) is 0 Å². The van der Waals surface area contributed by atoms with E-state index in [2.05, 4.69) is 34.1 Å². The largest absolute Gasteiger partial charge is 0.379 e. The molecule has 2 aliphatic rings. The van der Waals surface area contributed by atoms with E-state index in [0.29, 0.717) is 43.5 Å². The lowest BCUT2D eigenvalue weighted by molar-refractivity contribution is 0.00395. The van der Waals surface area contributed by atoms with E-state index in [9.17, 15) is 8.42 Å². The van der Waals surface area contributed by atoms with Crippen LogP contribution in [0.4, 0.5) is 0 Å². The second-order valence-electron chi connectivity index (χ2n) is 8.40. The maximum Gasteiger partial charge on any atom is 0.213 e. The molecule has 0 aromatic carbocycles. The van der Waals surface area contributed by atoms with Crippen LogP contribution in [0.15, 0.2) is 4.99 Å². The second-order valence-corrected chi connectivity index (χ2v) is 10.3. The zero-order valence-corrected chi connectivity index (χ0v) is 20.0. The summed E-state index contributed by atoms with van der Waals surface area (Å²) in [5.41, 5.74) is 0. The molecule has 3 N–H and O–H groups in total. The van der Waals surface area contributed by atoms with Gasteiger partial charge in [-0.05, 0) is 31.6 Å². The van der Waals surface area contributed by atoms with Crippen molar-refractivity contribution in [3.05, 3.63) is 0 Å². The van der Waals surface area contributed by atoms with Crippen molar-refractivity contribution in [2.45, 2.75) is 58.9 Å². The molecule has 0 spiro atoms. The van der Waals surface area contributed by atoms with Gasteiger partial charge in [0, 0.05) is 38.8 Å². The summed E-state index contributed by atoms with van der Waals surface area (Å²) in [6, 6.07) is 0.382. The smallest absolute Gasteiger partial charge is 0.213 e. The molecule has 1 heterocycles. The molecule has 0 aromatic heterocycles. The van der Waals surface area contributed by atoms with E-state index in [0.717, 1.165) is 58.5 Å². The van der Waals surface area contributed by atoms with E-state index in [1.54, 1.807) is 0 Å². The SMILES string of the molecule is CCNC(=NCC(C(CC)CC)N1CCOCC1)NCCS(=O)(=O)NCC1CCC1. The third kappa shape index (κ3) is 8.69. The first kappa shape index (κ1) is 25.4. The molecule has 1 atom stereocenters. The quantitative estimate of drug-likeness (QED) is 0.293. The van der Waals surface area contributed by atoms with Crippen LogP contribution in [0, 0.1) is 11.8 Å². The molecule has 2 rings (SSSR count). The Labute approximate surface area is 183 Å². The van der Waals surface area contributed by atoms with E-state index >= 15 is 0 Å². The fourth-order valence-corrected chi connectivity index (χ4v) is 5.15. The van der Waals surface area contributed by atoms with Crippen LogP contribution in [0.3, 0.4) is 0 Å². The van der Waals surface area contributed by atoms with Gasteiger partial charge in [-0.25, -0.2) is 13.1 Å². The summed E-state index contributed by atoms with van der Waals surface area (Å²) in [6.45, 7) is 12.3. The predicted octanol–water partition coefficient (Wildman–Crippen LogP) is 1.40. The Morgan fingerprint density at radius 3 is 2.40 bits per heavy atom. The Kier molecular flexibility index (Phi) is 11.4. The van der Waals surface area contributed by atoms with Gasteiger partial charge >= 0.3 is 0 Å². The highest BCUT2D eigenvalue weighted by molar-refractivity contribution is 7.89. The van der Waals surface area contributed by atoms with Crippen LogP contribution < -0.4 is 15.4 Å². The summed E-state index contributed by atoms with van der Waals surface area (Å²) in [5, 5.41) is 6.45. The van der Waals surface area contributed by atoms with Crippen molar-refractivity contribution in [2.75, 3.05) is 58.2 Å². The van der Waals surface area contributed by atoms with E-state index in [1.807, 2.05) is 6.92 Å². The number of nitrogens with one attached hydrogen (secondary N) is 3. The summed E-state index contributed by atoms with van der Waals surface area (Å²) in [6.07, 6.45) is 5.75. The Morgan fingerprint density at radius 1 is 1.13 bits per heavy atom. The summed E-state index contributed by atoms with van der Waals surface area (Å²) in [7, 11) is -3.25. The molecular weight excluding hydrogens is 402 g/mol. The average molecular weight is 446 g/mol. The number of rotatable bonds is 13. The van der Waals surface area contributed by atoms with Crippen molar-refractivity contribution in [2.24, 2.45) is 16.8 Å². The fraction of sp³-hybridized carbons (Fsp3) is 0.952. The molecule has 0 amide bonds. The molecular formula is C21H43N5O3S. The molecule has 0 radical (unpaired) electrons. The van der Waals surface area contributed by atoms with Gasteiger partial charge in [0.05, 0.1) is 25.5 Å². The Bertz CT molecular complexity index is 600. The summed E-state index contributed by atoms with van der Waals surface area (Å²) in [5.74, 6) is 1.86. The zero-order chi connectivity index (χ0) is 21.8. The molecule has 9 heteroatoms. The first-order chi connectivity index (χ1) is 14.5. The van der Waals surface area contributed by atoms with E-state index in [-0.39, 0.29) is 5.75 Å². The summed E-state index contributed by atoms with van der Waals surface area (Å²) in [4.78, 5) is 7.32. The minimum Gasteiger partial charge on any atom is -0.379 e. The highest BCUT2D eigenvalue weighted by atomic mass is 32.2. The van der Waals surface area contributed by atoms with Crippen LogP contribution in [0.1, 0.15) is 52.9 Å². The number of ether oxygens (including phenoxy) is 1. The molecule has 1 aliphatic carbocycles. The van der Waals surface area contributed by atoms with Crippen molar-refractivity contribution in [3.63, 3.8) is 0 Å². The number of hydrogen-bond donors (Lipinski definition) is 3. The number of aliphatic imine (C=N–C) groups is 1. The van der Waals surface area contributed by atoms with Gasteiger partial charge in [-0.15, -0.1) is 0 Å². The van der Waals surface area contributed by atoms with Crippen molar-refractivity contribution < 1.29 is 13.2 Å². The minimum absolute atomic E-state index is 0.0591. The molecule has 1 saturated heterocycles. The van der Waals surface area contributed by atoms with Gasteiger partial charge in [-0.3, -0.25) is 9.89 Å². The van der Waals surface area contributed by atoms with Crippen LogP contribution in [0.25, 0.3) is 0 Å². The molecule has 176 valence electrons. The van der Waals surface area contributed by atoms with Crippen molar-refractivity contribution in [3.8, 4) is 0 Å². The molecule has 0 bridgehead atoms. The average Bonchev–Trinajstić information content (AvgIpc) is 2.70. The van der Waals surface area contributed by atoms with Gasteiger partial charge in [-0.2, -0.15) is 0 Å². The van der Waals surface area contributed by atoms with Gasteiger partial charge in [0.15, 0.2) is 5.96 Å². The number of sulfonamides is 1. The highest BCUT2D eigenvalue weighted by Crippen LogP contribution is 2.25. The summed E-state index contributed by atoms with van der Waals surface area (Å²) >= 11 is 0. The molecule has 1 saturated carbocycles. The van der Waals surface area contributed by atoms with Gasteiger partial charge < -0.3 is 15.4 Å². The number of morpholine rings is 1. The maximum atomic E-state index is 12.2. The standard InChI is InChI=1S/C21H43N5O3S/c1-4-19(5-2)20(26-11-13-29-14-12-26)17-24-21(22-6-3)23-10-15-30(27,28)25-16-18-8-7-9-18/h18-20,25H,4-17H2,1-3H3,(H2,22,23,24). The maximum absolute atomic E-state index is 12.2. The molecule has 8 nitrogen and oxygen atoms in total. The molecule has 2 fully saturated rings. The van der Waals surface area contributed by atoms with Gasteiger partial charge in [-0.1, -0.05) is 33.1 Å². The van der Waals surface area contributed by atoms with Gasteiger partial charge in [0.2, 0.25) is 10.0 Å². The normalized spacial score (nSPS) is 20.2. The lowest BCUT2D eigenvalue weighted by atomic mass is 9.86. The number of nitrogens with zero attached hydrogens (tertiary/aromatic N) is 2. The predicted molar refractivity (Wildman–Crippen MR) is 123 cm³/mol. The van der Waals surface area contributed by atoms with Gasteiger partial charge in [0.25, 0.3) is 0 Å². The van der Waals surface area contributed by atoms with E-state index < -0.39 is 10.0 Å². The van der Waals surface area contributed by atoms with Crippen LogP contribution in [-0.4, -0.2) is 83.6 Å². The Hall–Kier alpha value is -0.900. The number of guanidine groups is 1. The third-order valence-electron chi connectivity index (χ3n) is 6.37. The van der Waals surface area contributed by atoms with Crippen molar-refractivity contribution >= 4 is 16.0 Å². The van der Waals surface area contributed by atoms with Crippen molar-refractivity contribution in [1.82, 2.24) is 20.3 Å². The Morgan fingerprint density at radius 2 is 1.83 bits per heavy atom.